The highest BCUT2D eigenvalue weighted by Gasteiger charge is 2.18. The molecule has 22 heavy (non-hydrogen) atoms. The second kappa shape index (κ2) is 6.99. The van der Waals surface area contributed by atoms with Gasteiger partial charge >= 0.3 is 5.97 Å². The zero-order valence-corrected chi connectivity index (χ0v) is 14.1. The molecule has 1 N–H and O–H groups in total. The van der Waals surface area contributed by atoms with Crippen LogP contribution in [0.3, 0.4) is 0 Å². The minimum Gasteiger partial charge on any atom is -0.478 e. The van der Waals surface area contributed by atoms with Gasteiger partial charge in [-0.25, -0.2) is 4.79 Å². The van der Waals surface area contributed by atoms with Crippen LogP contribution >= 0.6 is 0 Å². The predicted octanol–water partition coefficient (Wildman–Crippen LogP) is 5.22. The molecule has 3 nitrogen and oxygen atoms in total. The van der Waals surface area contributed by atoms with Crippen LogP contribution in [0.15, 0.2) is 18.3 Å². The Hall–Kier alpha value is -1.77. The molecule has 0 aliphatic carbocycles. The van der Waals surface area contributed by atoms with Gasteiger partial charge in [0.05, 0.1) is 11.1 Å². The van der Waals surface area contributed by atoms with Crippen molar-refractivity contribution < 1.29 is 9.90 Å². The number of hydrogen-bond donors (Lipinski definition) is 1. The van der Waals surface area contributed by atoms with Gasteiger partial charge in [-0.2, -0.15) is 0 Å². The second-order valence-corrected chi connectivity index (χ2v) is 6.38. The van der Waals surface area contributed by atoms with Crippen molar-refractivity contribution in [2.24, 2.45) is 0 Å². The molecular weight excluding hydrogens is 274 g/mol. The van der Waals surface area contributed by atoms with Crippen LogP contribution in [-0.2, 0) is 13.0 Å². The Morgan fingerprint density at radius 2 is 1.95 bits per heavy atom. The Morgan fingerprint density at radius 1 is 1.23 bits per heavy atom. The summed E-state index contributed by atoms with van der Waals surface area (Å²) < 4.78 is 2.13. The van der Waals surface area contributed by atoms with Crippen LogP contribution in [-0.4, -0.2) is 15.6 Å². The molecule has 0 fully saturated rings. The maximum absolute atomic E-state index is 11.8. The molecule has 3 heteroatoms. The maximum Gasteiger partial charge on any atom is 0.337 e. The number of aryl methyl sites for hydroxylation is 2. The molecular formula is C19H27NO2. The molecule has 2 aromatic rings. The first-order valence-corrected chi connectivity index (χ1v) is 8.38. The lowest BCUT2D eigenvalue weighted by molar-refractivity contribution is 0.0698. The quantitative estimate of drug-likeness (QED) is 0.762. The number of unbranched alkanes of at least 4 members (excludes halogenated alkanes) is 1. The summed E-state index contributed by atoms with van der Waals surface area (Å²) >= 11 is 0. The van der Waals surface area contributed by atoms with Crippen molar-refractivity contribution in [3.05, 3.63) is 35.0 Å². The lowest BCUT2D eigenvalue weighted by Gasteiger charge is -2.11. The van der Waals surface area contributed by atoms with Gasteiger partial charge in [-0.05, 0) is 48.4 Å². The predicted molar refractivity (Wildman–Crippen MR) is 91.9 cm³/mol. The van der Waals surface area contributed by atoms with Gasteiger partial charge < -0.3 is 9.67 Å². The van der Waals surface area contributed by atoms with Gasteiger partial charge in [0, 0.05) is 18.1 Å². The van der Waals surface area contributed by atoms with E-state index in [9.17, 15) is 9.90 Å². The molecule has 0 radical (unpaired) electrons. The number of hydrogen-bond acceptors (Lipinski definition) is 1. The number of nitrogens with zero attached hydrogens (tertiary/aromatic N) is 1. The number of aromatic carboxylic acids is 1. The Morgan fingerprint density at radius 3 is 2.50 bits per heavy atom. The molecule has 0 amide bonds. The maximum atomic E-state index is 11.8. The van der Waals surface area contributed by atoms with Crippen LogP contribution in [0.25, 0.3) is 10.9 Å². The van der Waals surface area contributed by atoms with E-state index in [1.54, 1.807) is 0 Å². The molecule has 0 saturated carbocycles. The van der Waals surface area contributed by atoms with Gasteiger partial charge in [-0.1, -0.05) is 34.1 Å². The van der Waals surface area contributed by atoms with Crippen molar-refractivity contribution in [1.82, 2.24) is 4.57 Å². The Labute approximate surface area is 133 Å². The first kappa shape index (κ1) is 16.6. The second-order valence-electron chi connectivity index (χ2n) is 6.38. The summed E-state index contributed by atoms with van der Waals surface area (Å²) in [6.07, 6.45) is 6.47. The van der Waals surface area contributed by atoms with Crippen molar-refractivity contribution in [2.75, 3.05) is 0 Å². The van der Waals surface area contributed by atoms with Gasteiger partial charge in [0.2, 0.25) is 0 Å². The molecule has 120 valence electrons. The Kier molecular flexibility index (Phi) is 5.28. The zero-order chi connectivity index (χ0) is 16.3. The molecule has 1 aromatic carbocycles. The number of fused-ring (bicyclic) bond motifs is 1. The van der Waals surface area contributed by atoms with Crippen LogP contribution in [0.1, 0.15) is 74.4 Å². The van der Waals surface area contributed by atoms with Crippen molar-refractivity contribution >= 4 is 16.9 Å². The normalized spacial score (nSPS) is 11.5. The molecule has 0 spiro atoms. The van der Waals surface area contributed by atoms with Gasteiger partial charge in [0.25, 0.3) is 0 Å². The summed E-state index contributed by atoms with van der Waals surface area (Å²) in [6, 6.07) is 4.05. The minimum atomic E-state index is -0.829. The number of rotatable bonds is 7. The Bertz CT molecular complexity index is 668. The van der Waals surface area contributed by atoms with E-state index in [0.29, 0.717) is 11.5 Å². The highest BCUT2D eigenvalue weighted by atomic mass is 16.4. The summed E-state index contributed by atoms with van der Waals surface area (Å²) in [4.78, 5) is 11.8. The minimum absolute atomic E-state index is 0.330. The van der Waals surface area contributed by atoms with Crippen LogP contribution in [0.5, 0.6) is 0 Å². The van der Waals surface area contributed by atoms with Crippen molar-refractivity contribution in [3.8, 4) is 0 Å². The van der Waals surface area contributed by atoms with E-state index in [2.05, 4.69) is 44.5 Å². The average molecular weight is 301 g/mol. The fourth-order valence-corrected chi connectivity index (χ4v) is 3.01. The number of carboxylic acids is 1. The van der Waals surface area contributed by atoms with Crippen LogP contribution < -0.4 is 0 Å². The van der Waals surface area contributed by atoms with Crippen LogP contribution in [0.2, 0.25) is 0 Å². The van der Waals surface area contributed by atoms with Crippen LogP contribution in [0.4, 0.5) is 0 Å². The third-order valence-electron chi connectivity index (χ3n) is 4.24. The number of aromatic nitrogens is 1. The summed E-state index contributed by atoms with van der Waals surface area (Å²) in [5, 5.41) is 10.8. The molecule has 1 heterocycles. The van der Waals surface area contributed by atoms with Gasteiger partial charge in [0.1, 0.15) is 0 Å². The van der Waals surface area contributed by atoms with E-state index in [1.807, 2.05) is 6.07 Å². The van der Waals surface area contributed by atoms with Crippen LogP contribution in [0, 0.1) is 0 Å². The largest absolute Gasteiger partial charge is 0.478 e. The average Bonchev–Trinajstić information content (AvgIpc) is 2.82. The van der Waals surface area contributed by atoms with Crippen molar-refractivity contribution in [3.63, 3.8) is 0 Å². The van der Waals surface area contributed by atoms with E-state index >= 15 is 0 Å². The number of carbonyl (C=O) groups is 1. The third kappa shape index (κ3) is 3.18. The monoisotopic (exact) mass is 301 g/mol. The van der Waals surface area contributed by atoms with Crippen molar-refractivity contribution in [2.45, 2.75) is 65.8 Å². The molecule has 2 rings (SSSR count). The highest BCUT2D eigenvalue weighted by Crippen LogP contribution is 2.31. The van der Waals surface area contributed by atoms with E-state index in [1.165, 1.54) is 5.56 Å². The third-order valence-corrected chi connectivity index (χ3v) is 4.24. The van der Waals surface area contributed by atoms with Gasteiger partial charge in [-0.3, -0.25) is 0 Å². The van der Waals surface area contributed by atoms with E-state index in [-0.39, 0.29) is 0 Å². The topological polar surface area (TPSA) is 42.2 Å². The molecule has 0 atom stereocenters. The van der Waals surface area contributed by atoms with E-state index in [0.717, 1.165) is 48.7 Å². The lowest BCUT2D eigenvalue weighted by atomic mass is 9.96. The summed E-state index contributed by atoms with van der Waals surface area (Å²) in [6.45, 7) is 9.40. The van der Waals surface area contributed by atoms with E-state index in [4.69, 9.17) is 0 Å². The standard InChI is InChI=1S/C19H27NO2/c1-5-7-8-14-12-20(9-6-2)18-16(14)10-15(13(3)4)11-17(18)19(21)22/h10-13H,5-9H2,1-4H3,(H,21,22). The number of carboxylic acid groups (broad SMARTS) is 1. The van der Waals surface area contributed by atoms with Gasteiger partial charge in [-0.15, -0.1) is 0 Å². The summed E-state index contributed by atoms with van der Waals surface area (Å²) in [5.74, 6) is -0.499. The highest BCUT2D eigenvalue weighted by molar-refractivity contribution is 6.04. The molecule has 1 aromatic heterocycles. The SMILES string of the molecule is CCCCc1cn(CCC)c2c(C(=O)O)cc(C(C)C)cc12. The summed E-state index contributed by atoms with van der Waals surface area (Å²) in [5.41, 5.74) is 3.73. The fourth-order valence-electron chi connectivity index (χ4n) is 3.01. The number of benzene rings is 1. The van der Waals surface area contributed by atoms with Crippen molar-refractivity contribution in [1.29, 1.82) is 0 Å². The first-order valence-electron chi connectivity index (χ1n) is 8.38. The molecule has 0 saturated heterocycles. The Balaban J connectivity index is 2.72. The zero-order valence-electron chi connectivity index (χ0n) is 14.1. The van der Waals surface area contributed by atoms with Gasteiger partial charge in [0.15, 0.2) is 0 Å². The first-order chi connectivity index (χ1) is 10.5. The summed E-state index contributed by atoms with van der Waals surface area (Å²) in [7, 11) is 0. The van der Waals surface area contributed by atoms with E-state index < -0.39 is 5.97 Å². The molecule has 0 unspecified atom stereocenters. The fraction of sp³-hybridized carbons (Fsp3) is 0.526. The molecule has 0 aliphatic rings. The molecule has 0 bridgehead atoms. The smallest absolute Gasteiger partial charge is 0.337 e. The molecule has 0 aliphatic heterocycles. The lowest BCUT2D eigenvalue weighted by Crippen LogP contribution is -2.04.